The fourth-order valence-electron chi connectivity index (χ4n) is 2.43. The Morgan fingerprint density at radius 3 is 2.79 bits per heavy atom. The molecule has 0 bridgehead atoms. The Hall–Kier alpha value is -1.13. The van der Waals surface area contributed by atoms with Gasteiger partial charge in [-0.3, -0.25) is 4.98 Å². The minimum absolute atomic E-state index is 0.153. The van der Waals surface area contributed by atoms with Crippen LogP contribution in [0.4, 0.5) is 0 Å². The molecule has 2 N–H and O–H groups in total. The van der Waals surface area contributed by atoms with Crippen LogP contribution in [-0.2, 0) is 6.42 Å². The zero-order chi connectivity index (χ0) is 13.5. The van der Waals surface area contributed by atoms with Gasteiger partial charge in [-0.25, -0.2) is 0 Å². The summed E-state index contributed by atoms with van der Waals surface area (Å²) in [7, 11) is 0. The first kappa shape index (κ1) is 14.3. The average molecular weight is 263 g/mol. The molecule has 2 rings (SSSR count). The van der Waals surface area contributed by atoms with Crippen LogP contribution in [0.15, 0.2) is 18.3 Å². The third-order valence-electron chi connectivity index (χ3n) is 3.41. The fourth-order valence-corrected chi connectivity index (χ4v) is 2.43. The standard InChI is InChI=1S/C15H25N3O/c1-13(16)11-14-5-6-15(12-17-14)19-10-4-9-18-7-2-3-8-18/h5-6,12-13H,2-4,7-11,16H2,1H3. The topological polar surface area (TPSA) is 51.4 Å². The smallest absolute Gasteiger partial charge is 0.137 e. The van der Waals surface area contributed by atoms with Crippen LogP contribution in [0.3, 0.4) is 0 Å². The maximum absolute atomic E-state index is 5.74. The van der Waals surface area contributed by atoms with Crippen molar-refractivity contribution in [3.8, 4) is 5.75 Å². The summed E-state index contributed by atoms with van der Waals surface area (Å²) in [5.41, 5.74) is 6.77. The minimum atomic E-state index is 0.153. The molecule has 1 saturated heterocycles. The number of hydrogen-bond acceptors (Lipinski definition) is 4. The van der Waals surface area contributed by atoms with Gasteiger partial charge >= 0.3 is 0 Å². The number of ether oxygens (including phenoxy) is 1. The summed E-state index contributed by atoms with van der Waals surface area (Å²) in [6.45, 7) is 6.42. The molecular weight excluding hydrogens is 238 g/mol. The Balaban J connectivity index is 1.65. The molecule has 1 atom stereocenters. The fraction of sp³-hybridized carbons (Fsp3) is 0.667. The van der Waals surface area contributed by atoms with Crippen LogP contribution in [0.2, 0.25) is 0 Å². The van der Waals surface area contributed by atoms with E-state index in [-0.39, 0.29) is 6.04 Å². The summed E-state index contributed by atoms with van der Waals surface area (Å²) < 4.78 is 5.71. The molecule has 1 aromatic rings. The number of aromatic nitrogens is 1. The number of rotatable bonds is 7. The van der Waals surface area contributed by atoms with Crippen molar-refractivity contribution in [2.75, 3.05) is 26.2 Å². The van der Waals surface area contributed by atoms with Gasteiger partial charge in [0.1, 0.15) is 5.75 Å². The second-order valence-corrected chi connectivity index (χ2v) is 5.42. The first-order valence-corrected chi connectivity index (χ1v) is 7.30. The predicted molar refractivity (Wildman–Crippen MR) is 77.4 cm³/mol. The highest BCUT2D eigenvalue weighted by atomic mass is 16.5. The van der Waals surface area contributed by atoms with Crippen molar-refractivity contribution in [3.63, 3.8) is 0 Å². The van der Waals surface area contributed by atoms with E-state index in [1.165, 1.54) is 25.9 Å². The molecule has 1 aliphatic heterocycles. The molecule has 2 heterocycles. The van der Waals surface area contributed by atoms with Crippen LogP contribution in [0.5, 0.6) is 5.75 Å². The van der Waals surface area contributed by atoms with E-state index in [1.54, 1.807) is 6.20 Å². The van der Waals surface area contributed by atoms with E-state index in [9.17, 15) is 0 Å². The Morgan fingerprint density at radius 1 is 1.37 bits per heavy atom. The predicted octanol–water partition coefficient (Wildman–Crippen LogP) is 1.84. The van der Waals surface area contributed by atoms with Gasteiger partial charge in [-0.2, -0.15) is 0 Å². The van der Waals surface area contributed by atoms with Crippen molar-refractivity contribution >= 4 is 0 Å². The maximum atomic E-state index is 5.74. The lowest BCUT2D eigenvalue weighted by Gasteiger charge is -2.14. The van der Waals surface area contributed by atoms with Crippen molar-refractivity contribution < 1.29 is 4.74 Å². The number of likely N-dealkylation sites (tertiary alicyclic amines) is 1. The molecule has 4 nitrogen and oxygen atoms in total. The van der Waals surface area contributed by atoms with Gasteiger partial charge in [0.15, 0.2) is 0 Å². The molecule has 1 aliphatic rings. The minimum Gasteiger partial charge on any atom is -0.492 e. The van der Waals surface area contributed by atoms with E-state index in [0.29, 0.717) is 0 Å². The Bertz CT molecular complexity index is 358. The zero-order valence-electron chi connectivity index (χ0n) is 11.8. The summed E-state index contributed by atoms with van der Waals surface area (Å²) in [6.07, 6.45) is 6.40. The second-order valence-electron chi connectivity index (χ2n) is 5.42. The van der Waals surface area contributed by atoms with E-state index in [1.807, 2.05) is 19.1 Å². The molecule has 4 heteroatoms. The lowest BCUT2D eigenvalue weighted by Crippen LogP contribution is -2.22. The molecule has 1 unspecified atom stereocenters. The quantitative estimate of drug-likeness (QED) is 0.763. The van der Waals surface area contributed by atoms with Crippen LogP contribution in [0, 0.1) is 0 Å². The van der Waals surface area contributed by atoms with Gasteiger partial charge in [-0.15, -0.1) is 0 Å². The van der Waals surface area contributed by atoms with Crippen molar-refractivity contribution in [2.24, 2.45) is 5.73 Å². The van der Waals surface area contributed by atoms with Crippen molar-refractivity contribution in [1.82, 2.24) is 9.88 Å². The van der Waals surface area contributed by atoms with E-state index in [2.05, 4.69) is 9.88 Å². The maximum Gasteiger partial charge on any atom is 0.137 e. The highest BCUT2D eigenvalue weighted by molar-refractivity contribution is 5.20. The summed E-state index contributed by atoms with van der Waals surface area (Å²) in [5, 5.41) is 0. The normalized spacial score (nSPS) is 17.6. The monoisotopic (exact) mass is 263 g/mol. The highest BCUT2D eigenvalue weighted by Gasteiger charge is 2.10. The van der Waals surface area contributed by atoms with E-state index in [0.717, 1.165) is 37.4 Å². The second kappa shape index (κ2) is 7.46. The van der Waals surface area contributed by atoms with Gasteiger partial charge in [0, 0.05) is 24.7 Å². The molecule has 0 radical (unpaired) electrons. The summed E-state index contributed by atoms with van der Waals surface area (Å²) in [6, 6.07) is 4.14. The van der Waals surface area contributed by atoms with Crippen LogP contribution < -0.4 is 10.5 Å². The molecule has 0 aromatic carbocycles. The number of nitrogens with two attached hydrogens (primary N) is 1. The van der Waals surface area contributed by atoms with Crippen LogP contribution >= 0.6 is 0 Å². The Kier molecular flexibility index (Phi) is 5.61. The summed E-state index contributed by atoms with van der Waals surface area (Å²) in [5.74, 6) is 0.856. The van der Waals surface area contributed by atoms with E-state index < -0.39 is 0 Å². The Labute approximate surface area is 116 Å². The Morgan fingerprint density at radius 2 is 2.16 bits per heavy atom. The van der Waals surface area contributed by atoms with Crippen molar-refractivity contribution in [2.45, 2.75) is 38.6 Å². The molecule has 1 aromatic heterocycles. The van der Waals surface area contributed by atoms with Gasteiger partial charge in [0.2, 0.25) is 0 Å². The zero-order valence-corrected chi connectivity index (χ0v) is 11.8. The number of pyridine rings is 1. The SMILES string of the molecule is CC(N)Cc1ccc(OCCCN2CCCC2)cn1. The molecule has 106 valence electrons. The first-order chi connectivity index (χ1) is 9.24. The lowest BCUT2D eigenvalue weighted by molar-refractivity contribution is 0.262. The van der Waals surface area contributed by atoms with Crippen LogP contribution in [0.25, 0.3) is 0 Å². The number of nitrogens with zero attached hydrogens (tertiary/aromatic N) is 2. The molecule has 0 spiro atoms. The third kappa shape index (κ3) is 5.17. The highest BCUT2D eigenvalue weighted by Crippen LogP contribution is 2.11. The summed E-state index contributed by atoms with van der Waals surface area (Å²) in [4.78, 5) is 6.87. The largest absolute Gasteiger partial charge is 0.492 e. The molecule has 0 aliphatic carbocycles. The molecular formula is C15H25N3O. The van der Waals surface area contributed by atoms with Gasteiger partial charge in [-0.1, -0.05) is 0 Å². The van der Waals surface area contributed by atoms with Gasteiger partial charge < -0.3 is 15.4 Å². The number of hydrogen-bond donors (Lipinski definition) is 1. The molecule has 19 heavy (non-hydrogen) atoms. The van der Waals surface area contributed by atoms with Crippen LogP contribution in [-0.4, -0.2) is 42.2 Å². The summed E-state index contributed by atoms with van der Waals surface area (Å²) >= 11 is 0. The van der Waals surface area contributed by atoms with Gasteiger partial charge in [-0.05, 0) is 51.4 Å². The van der Waals surface area contributed by atoms with Crippen molar-refractivity contribution in [3.05, 3.63) is 24.0 Å². The van der Waals surface area contributed by atoms with E-state index >= 15 is 0 Å². The van der Waals surface area contributed by atoms with Gasteiger partial charge in [0.25, 0.3) is 0 Å². The molecule has 0 saturated carbocycles. The lowest BCUT2D eigenvalue weighted by atomic mass is 10.2. The van der Waals surface area contributed by atoms with Crippen molar-refractivity contribution in [1.29, 1.82) is 0 Å². The van der Waals surface area contributed by atoms with Crippen LogP contribution in [0.1, 0.15) is 31.9 Å². The average Bonchev–Trinajstić information content (AvgIpc) is 2.89. The van der Waals surface area contributed by atoms with Gasteiger partial charge in [0.05, 0.1) is 12.8 Å². The first-order valence-electron chi connectivity index (χ1n) is 7.30. The molecule has 1 fully saturated rings. The third-order valence-corrected chi connectivity index (χ3v) is 3.41. The van der Waals surface area contributed by atoms with E-state index in [4.69, 9.17) is 10.5 Å². The molecule has 0 amide bonds.